The maximum Gasteiger partial charge on any atom is 0.258 e. The summed E-state index contributed by atoms with van der Waals surface area (Å²) < 4.78 is 10.7. The summed E-state index contributed by atoms with van der Waals surface area (Å²) in [5.41, 5.74) is 0.855. The number of carbonyl (C=O) groups excluding carboxylic acids is 3. The molecule has 0 unspecified atom stereocenters. The fraction of sp³-hybridized carbons (Fsp3) is 0.286. The minimum absolute atomic E-state index is 0.00552. The van der Waals surface area contributed by atoms with Crippen molar-refractivity contribution in [3.8, 4) is 11.5 Å². The monoisotopic (exact) mass is 433 g/mol. The van der Waals surface area contributed by atoms with Crippen LogP contribution in [0.4, 0.5) is 5.69 Å². The third kappa shape index (κ3) is 7.29. The minimum Gasteiger partial charge on any atom is -0.493 e. The number of ether oxygens (including phenoxy) is 2. The molecule has 0 radical (unpaired) electrons. The summed E-state index contributed by atoms with van der Waals surface area (Å²) >= 11 is 5.80. The summed E-state index contributed by atoms with van der Waals surface area (Å²) in [5, 5.41) is 8.46. The highest BCUT2D eigenvalue weighted by molar-refractivity contribution is 6.30. The summed E-state index contributed by atoms with van der Waals surface area (Å²) in [6, 6.07) is 11.2. The Labute approximate surface area is 179 Å². The first kappa shape index (κ1) is 23.0. The Bertz CT molecular complexity index is 900. The number of benzene rings is 2. The van der Waals surface area contributed by atoms with E-state index in [-0.39, 0.29) is 36.6 Å². The second-order valence-electron chi connectivity index (χ2n) is 6.61. The molecule has 0 heterocycles. The molecule has 0 spiro atoms. The van der Waals surface area contributed by atoms with E-state index in [9.17, 15) is 14.4 Å². The smallest absolute Gasteiger partial charge is 0.258 e. The van der Waals surface area contributed by atoms with E-state index in [0.717, 1.165) is 0 Å². The van der Waals surface area contributed by atoms with Gasteiger partial charge >= 0.3 is 0 Å². The first-order valence-electron chi connectivity index (χ1n) is 9.22. The van der Waals surface area contributed by atoms with Crippen molar-refractivity contribution < 1.29 is 23.9 Å². The van der Waals surface area contributed by atoms with Crippen LogP contribution in [0.3, 0.4) is 0 Å². The number of carbonyl (C=O) groups is 3. The Morgan fingerprint density at radius 1 is 1.00 bits per heavy atom. The molecule has 160 valence electrons. The van der Waals surface area contributed by atoms with E-state index in [1.54, 1.807) is 24.3 Å². The van der Waals surface area contributed by atoms with Gasteiger partial charge in [-0.1, -0.05) is 11.6 Å². The molecule has 0 fully saturated rings. The number of hydrogen-bond acceptors (Lipinski definition) is 5. The Kier molecular flexibility index (Phi) is 8.49. The van der Waals surface area contributed by atoms with Gasteiger partial charge < -0.3 is 25.4 Å². The van der Waals surface area contributed by atoms with Crippen LogP contribution in [0.15, 0.2) is 42.5 Å². The van der Waals surface area contributed by atoms with Crippen molar-refractivity contribution in [3.63, 3.8) is 0 Å². The number of amides is 3. The van der Waals surface area contributed by atoms with Crippen LogP contribution in [-0.4, -0.2) is 44.0 Å². The van der Waals surface area contributed by atoms with Crippen LogP contribution in [0, 0.1) is 0 Å². The maximum atomic E-state index is 12.3. The molecule has 2 aromatic carbocycles. The van der Waals surface area contributed by atoms with Crippen molar-refractivity contribution >= 4 is 35.0 Å². The average molecular weight is 434 g/mol. The van der Waals surface area contributed by atoms with Gasteiger partial charge in [0.1, 0.15) is 0 Å². The van der Waals surface area contributed by atoms with Gasteiger partial charge in [-0.3, -0.25) is 14.4 Å². The Balaban J connectivity index is 1.91. The van der Waals surface area contributed by atoms with Gasteiger partial charge in [0.15, 0.2) is 18.1 Å². The molecule has 9 heteroatoms. The molecule has 2 aromatic rings. The van der Waals surface area contributed by atoms with E-state index in [0.29, 0.717) is 22.2 Å². The molecule has 0 saturated heterocycles. The lowest BCUT2D eigenvalue weighted by Gasteiger charge is -2.13. The second-order valence-corrected chi connectivity index (χ2v) is 7.05. The number of halogens is 1. The molecule has 0 atom stereocenters. The number of nitrogens with one attached hydrogen (secondary N) is 3. The van der Waals surface area contributed by atoms with Gasteiger partial charge in [0, 0.05) is 22.3 Å². The number of hydrogen-bond donors (Lipinski definition) is 3. The molecular weight excluding hydrogens is 410 g/mol. The number of methoxy groups -OCH3 is 1. The standard InChI is InChI=1S/C21H24ClN3O5/c1-13(2)24-20(27)12-30-17-9-4-14(10-18(17)29-3)21(28)23-11-19(26)25-16-7-5-15(22)6-8-16/h4-10,13H,11-12H2,1-3H3,(H,23,28)(H,24,27)(H,25,26). The van der Waals surface area contributed by atoms with Crippen molar-refractivity contribution in [2.75, 3.05) is 25.6 Å². The topological polar surface area (TPSA) is 106 Å². The lowest BCUT2D eigenvalue weighted by Crippen LogP contribution is -2.34. The first-order valence-corrected chi connectivity index (χ1v) is 9.60. The van der Waals surface area contributed by atoms with E-state index in [1.165, 1.54) is 25.3 Å². The molecule has 3 N–H and O–H groups in total. The van der Waals surface area contributed by atoms with Crippen molar-refractivity contribution in [2.45, 2.75) is 19.9 Å². The summed E-state index contributed by atoms with van der Waals surface area (Å²) in [4.78, 5) is 36.1. The van der Waals surface area contributed by atoms with E-state index in [1.807, 2.05) is 13.8 Å². The van der Waals surface area contributed by atoms with Crippen LogP contribution in [0.5, 0.6) is 11.5 Å². The van der Waals surface area contributed by atoms with E-state index in [4.69, 9.17) is 21.1 Å². The third-order valence-corrected chi connectivity index (χ3v) is 4.02. The van der Waals surface area contributed by atoms with Crippen LogP contribution in [0.1, 0.15) is 24.2 Å². The minimum atomic E-state index is -0.455. The first-order chi connectivity index (χ1) is 14.3. The van der Waals surface area contributed by atoms with Crippen molar-refractivity contribution in [3.05, 3.63) is 53.1 Å². The highest BCUT2D eigenvalue weighted by atomic mass is 35.5. The van der Waals surface area contributed by atoms with Crippen LogP contribution in [0.2, 0.25) is 5.02 Å². The predicted molar refractivity (Wildman–Crippen MR) is 114 cm³/mol. The molecule has 0 aliphatic heterocycles. The van der Waals surface area contributed by atoms with E-state index < -0.39 is 5.91 Å². The predicted octanol–water partition coefficient (Wildman–Crippen LogP) is 2.62. The zero-order valence-corrected chi connectivity index (χ0v) is 17.7. The van der Waals surface area contributed by atoms with Gasteiger partial charge in [-0.2, -0.15) is 0 Å². The van der Waals surface area contributed by atoms with Gasteiger partial charge in [-0.25, -0.2) is 0 Å². The highest BCUT2D eigenvalue weighted by Gasteiger charge is 2.14. The van der Waals surface area contributed by atoms with Gasteiger partial charge in [0.2, 0.25) is 5.91 Å². The fourth-order valence-corrected chi connectivity index (χ4v) is 2.56. The number of rotatable bonds is 9. The molecule has 30 heavy (non-hydrogen) atoms. The van der Waals surface area contributed by atoms with Crippen LogP contribution in [0.25, 0.3) is 0 Å². The number of anilines is 1. The zero-order valence-electron chi connectivity index (χ0n) is 17.0. The molecular formula is C21H24ClN3O5. The molecule has 0 saturated carbocycles. The summed E-state index contributed by atoms with van der Waals surface area (Å²) in [7, 11) is 1.43. The van der Waals surface area contributed by atoms with Gasteiger partial charge in [-0.05, 0) is 56.3 Å². The Morgan fingerprint density at radius 3 is 2.33 bits per heavy atom. The maximum absolute atomic E-state index is 12.3. The van der Waals surface area contributed by atoms with Crippen LogP contribution in [-0.2, 0) is 9.59 Å². The van der Waals surface area contributed by atoms with Gasteiger partial charge in [0.05, 0.1) is 13.7 Å². The zero-order chi connectivity index (χ0) is 22.1. The van der Waals surface area contributed by atoms with Crippen LogP contribution >= 0.6 is 11.6 Å². The molecule has 2 rings (SSSR count). The van der Waals surface area contributed by atoms with Gasteiger partial charge in [-0.15, -0.1) is 0 Å². The molecule has 8 nitrogen and oxygen atoms in total. The lowest BCUT2D eigenvalue weighted by atomic mass is 10.2. The van der Waals surface area contributed by atoms with Crippen molar-refractivity contribution in [1.29, 1.82) is 0 Å². The summed E-state index contributed by atoms with van der Waals surface area (Å²) in [6.07, 6.45) is 0. The Hall–Kier alpha value is -3.26. The fourth-order valence-electron chi connectivity index (χ4n) is 2.44. The van der Waals surface area contributed by atoms with Gasteiger partial charge in [0.25, 0.3) is 11.8 Å². The molecule has 0 bridgehead atoms. The molecule has 0 aliphatic rings. The molecule has 0 aromatic heterocycles. The largest absolute Gasteiger partial charge is 0.493 e. The summed E-state index contributed by atoms with van der Waals surface area (Å²) in [5.74, 6) is -0.475. The van der Waals surface area contributed by atoms with Crippen LogP contribution < -0.4 is 25.4 Å². The van der Waals surface area contributed by atoms with Crippen molar-refractivity contribution in [1.82, 2.24) is 10.6 Å². The third-order valence-electron chi connectivity index (χ3n) is 3.77. The lowest BCUT2D eigenvalue weighted by molar-refractivity contribution is -0.123. The summed E-state index contributed by atoms with van der Waals surface area (Å²) in [6.45, 7) is 3.31. The highest BCUT2D eigenvalue weighted by Crippen LogP contribution is 2.28. The molecule has 0 aliphatic carbocycles. The Morgan fingerprint density at radius 2 is 1.70 bits per heavy atom. The van der Waals surface area contributed by atoms with E-state index >= 15 is 0 Å². The second kappa shape index (κ2) is 11.1. The average Bonchev–Trinajstić information content (AvgIpc) is 2.71. The SMILES string of the molecule is COc1cc(C(=O)NCC(=O)Nc2ccc(Cl)cc2)ccc1OCC(=O)NC(C)C. The van der Waals surface area contributed by atoms with Crippen molar-refractivity contribution in [2.24, 2.45) is 0 Å². The molecule has 3 amide bonds. The normalized spacial score (nSPS) is 10.3. The van der Waals surface area contributed by atoms with E-state index in [2.05, 4.69) is 16.0 Å². The quantitative estimate of drug-likeness (QED) is 0.563.